The Labute approximate surface area is 153 Å². The van der Waals surface area contributed by atoms with Crippen LogP contribution in [0.2, 0.25) is 0 Å². The highest BCUT2D eigenvalue weighted by atomic mass is 16.5. The number of esters is 1. The molecule has 2 aromatic carbocycles. The molecule has 6 heteroatoms. The van der Waals surface area contributed by atoms with Crippen LogP contribution in [0.3, 0.4) is 0 Å². The lowest BCUT2D eigenvalue weighted by molar-refractivity contribution is -0.121. The van der Waals surface area contributed by atoms with Gasteiger partial charge in [0, 0.05) is 25.0 Å². The van der Waals surface area contributed by atoms with E-state index < -0.39 is 12.6 Å². The number of rotatable bonds is 7. The first-order valence-corrected chi connectivity index (χ1v) is 8.24. The highest BCUT2D eigenvalue weighted by Gasteiger charge is 2.19. The highest BCUT2D eigenvalue weighted by molar-refractivity contribution is 5.99. The summed E-state index contributed by atoms with van der Waals surface area (Å²) in [5, 5.41) is 11.7. The Bertz CT molecular complexity index is 810. The first kappa shape index (κ1) is 19.0. The Morgan fingerprint density at radius 1 is 1.15 bits per heavy atom. The second-order valence-electron chi connectivity index (χ2n) is 5.66. The van der Waals surface area contributed by atoms with Gasteiger partial charge in [-0.15, -0.1) is 0 Å². The van der Waals surface area contributed by atoms with Gasteiger partial charge in [0.1, 0.15) is 0 Å². The maximum atomic E-state index is 12.5. The van der Waals surface area contributed by atoms with Crippen molar-refractivity contribution in [1.29, 1.82) is 5.26 Å². The molecule has 6 nitrogen and oxygen atoms in total. The van der Waals surface area contributed by atoms with Crippen molar-refractivity contribution in [2.45, 2.75) is 13.3 Å². The molecule has 0 radical (unpaired) electrons. The lowest BCUT2D eigenvalue weighted by Crippen LogP contribution is -2.35. The Morgan fingerprint density at radius 3 is 2.50 bits per heavy atom. The number of aryl methyl sites for hydroxylation is 1. The normalized spacial score (nSPS) is 9.88. The number of benzene rings is 2. The van der Waals surface area contributed by atoms with Crippen LogP contribution in [0.1, 0.15) is 22.3 Å². The number of nitriles is 1. The molecule has 0 aliphatic rings. The second-order valence-corrected chi connectivity index (χ2v) is 5.66. The number of amides is 1. The first-order chi connectivity index (χ1) is 12.6. The average molecular weight is 351 g/mol. The predicted molar refractivity (Wildman–Crippen MR) is 100 cm³/mol. The third kappa shape index (κ3) is 4.84. The van der Waals surface area contributed by atoms with Gasteiger partial charge >= 0.3 is 5.97 Å². The van der Waals surface area contributed by atoms with Crippen LogP contribution in [-0.4, -0.2) is 32.1 Å². The molecule has 0 heterocycles. The van der Waals surface area contributed by atoms with Gasteiger partial charge in [0.15, 0.2) is 6.61 Å². The largest absolute Gasteiger partial charge is 0.452 e. The van der Waals surface area contributed by atoms with Crippen LogP contribution < -0.4 is 10.2 Å². The zero-order valence-electron chi connectivity index (χ0n) is 14.9. The molecule has 134 valence electrons. The van der Waals surface area contributed by atoms with Gasteiger partial charge in [0.05, 0.1) is 18.1 Å². The van der Waals surface area contributed by atoms with Gasteiger partial charge in [-0.05, 0) is 31.2 Å². The van der Waals surface area contributed by atoms with Gasteiger partial charge in [0.2, 0.25) is 0 Å². The second kappa shape index (κ2) is 9.23. The van der Waals surface area contributed by atoms with Crippen LogP contribution in [0.15, 0.2) is 48.5 Å². The van der Waals surface area contributed by atoms with E-state index in [9.17, 15) is 9.59 Å². The van der Waals surface area contributed by atoms with Crippen molar-refractivity contribution >= 4 is 23.3 Å². The smallest absolute Gasteiger partial charge is 0.340 e. The molecule has 2 aromatic rings. The molecule has 0 unspecified atom stereocenters. The molecule has 1 amide bonds. The van der Waals surface area contributed by atoms with E-state index >= 15 is 0 Å². The van der Waals surface area contributed by atoms with Gasteiger partial charge in [-0.3, -0.25) is 4.79 Å². The average Bonchev–Trinajstić information content (AvgIpc) is 2.67. The van der Waals surface area contributed by atoms with Crippen molar-refractivity contribution < 1.29 is 14.3 Å². The lowest BCUT2D eigenvalue weighted by atomic mass is 10.2. The van der Waals surface area contributed by atoms with Crippen molar-refractivity contribution in [3.05, 3.63) is 59.7 Å². The molecule has 2 rings (SSSR count). The fourth-order valence-corrected chi connectivity index (χ4v) is 2.45. The van der Waals surface area contributed by atoms with Gasteiger partial charge in [0.25, 0.3) is 5.91 Å². The van der Waals surface area contributed by atoms with E-state index in [0.717, 1.165) is 5.56 Å². The summed E-state index contributed by atoms with van der Waals surface area (Å²) in [7, 11) is 1.71. The van der Waals surface area contributed by atoms with Gasteiger partial charge < -0.3 is 15.0 Å². The van der Waals surface area contributed by atoms with E-state index in [1.807, 2.05) is 37.3 Å². The summed E-state index contributed by atoms with van der Waals surface area (Å²) in [6.07, 6.45) is 0.191. The van der Waals surface area contributed by atoms with E-state index in [4.69, 9.17) is 10.00 Å². The van der Waals surface area contributed by atoms with Crippen LogP contribution in [0.5, 0.6) is 0 Å². The SMILES string of the molecule is CNc1ccccc1C(=O)OCC(=O)N(CCC#N)c1ccc(C)cc1. The molecule has 1 N–H and O–H groups in total. The summed E-state index contributed by atoms with van der Waals surface area (Å²) < 4.78 is 5.19. The van der Waals surface area contributed by atoms with Gasteiger partial charge in [-0.25, -0.2) is 4.79 Å². The predicted octanol–water partition coefficient (Wildman–Crippen LogP) is 3.14. The van der Waals surface area contributed by atoms with Crippen LogP contribution in [-0.2, 0) is 9.53 Å². The molecule has 0 aliphatic carbocycles. The Hall–Kier alpha value is -3.33. The number of anilines is 2. The van der Waals surface area contributed by atoms with Crippen molar-refractivity contribution in [3.8, 4) is 6.07 Å². The molecule has 0 spiro atoms. The number of hydrogen-bond acceptors (Lipinski definition) is 5. The van der Waals surface area contributed by atoms with Crippen LogP contribution in [0, 0.1) is 18.3 Å². The summed E-state index contributed by atoms with van der Waals surface area (Å²) in [4.78, 5) is 26.3. The van der Waals surface area contributed by atoms with Crippen LogP contribution in [0.4, 0.5) is 11.4 Å². The van der Waals surface area contributed by atoms with E-state index in [1.165, 1.54) is 4.90 Å². The minimum absolute atomic E-state index is 0.191. The first-order valence-electron chi connectivity index (χ1n) is 8.24. The minimum Gasteiger partial charge on any atom is -0.452 e. The molecule has 0 atom stereocenters. The van der Waals surface area contributed by atoms with Crippen molar-refractivity contribution in [3.63, 3.8) is 0 Å². The molecule has 0 saturated heterocycles. The topological polar surface area (TPSA) is 82.4 Å². The maximum absolute atomic E-state index is 12.5. The number of nitrogens with zero attached hydrogens (tertiary/aromatic N) is 2. The maximum Gasteiger partial charge on any atom is 0.340 e. The van der Waals surface area contributed by atoms with Crippen molar-refractivity contribution in [2.24, 2.45) is 0 Å². The van der Waals surface area contributed by atoms with E-state index in [0.29, 0.717) is 16.9 Å². The Balaban J connectivity index is 2.08. The number of hydrogen-bond donors (Lipinski definition) is 1. The third-order valence-corrected chi connectivity index (χ3v) is 3.84. The monoisotopic (exact) mass is 351 g/mol. The number of carbonyl (C=O) groups is 2. The fourth-order valence-electron chi connectivity index (χ4n) is 2.45. The highest BCUT2D eigenvalue weighted by Crippen LogP contribution is 2.18. The van der Waals surface area contributed by atoms with Crippen LogP contribution in [0.25, 0.3) is 0 Å². The molecule has 26 heavy (non-hydrogen) atoms. The lowest BCUT2D eigenvalue weighted by Gasteiger charge is -2.22. The summed E-state index contributed by atoms with van der Waals surface area (Å²) in [6.45, 7) is 1.80. The van der Waals surface area contributed by atoms with Gasteiger partial charge in [-0.2, -0.15) is 5.26 Å². The summed E-state index contributed by atoms with van der Waals surface area (Å²) in [5.41, 5.74) is 2.73. The Kier molecular flexibility index (Phi) is 6.75. The summed E-state index contributed by atoms with van der Waals surface area (Å²) in [6, 6.07) is 16.3. The molecule has 0 fully saturated rings. The van der Waals surface area contributed by atoms with Crippen LogP contribution >= 0.6 is 0 Å². The zero-order chi connectivity index (χ0) is 18.9. The quantitative estimate of drug-likeness (QED) is 0.775. The molecular weight excluding hydrogens is 330 g/mol. The Morgan fingerprint density at radius 2 is 1.85 bits per heavy atom. The zero-order valence-corrected chi connectivity index (χ0v) is 14.9. The molecular formula is C20H21N3O3. The molecule has 0 bridgehead atoms. The number of ether oxygens (including phenoxy) is 1. The molecule has 0 saturated carbocycles. The van der Waals surface area contributed by atoms with E-state index in [1.54, 1.807) is 31.3 Å². The number of para-hydroxylation sites is 1. The standard InChI is InChI=1S/C20H21N3O3/c1-15-8-10-16(11-9-15)23(13-5-12-21)19(24)14-26-20(25)17-6-3-4-7-18(17)22-2/h3-4,6-11,22H,5,13-14H2,1-2H3. The van der Waals surface area contributed by atoms with Crippen molar-refractivity contribution in [2.75, 3.05) is 30.4 Å². The molecule has 0 aliphatic heterocycles. The van der Waals surface area contributed by atoms with E-state index in [2.05, 4.69) is 5.32 Å². The minimum atomic E-state index is -0.576. The number of nitrogens with one attached hydrogen (secondary N) is 1. The number of carbonyl (C=O) groups excluding carboxylic acids is 2. The molecule has 0 aromatic heterocycles. The van der Waals surface area contributed by atoms with Gasteiger partial charge in [-0.1, -0.05) is 29.8 Å². The summed E-state index contributed by atoms with van der Waals surface area (Å²) in [5.74, 6) is -0.952. The van der Waals surface area contributed by atoms with Crippen molar-refractivity contribution in [1.82, 2.24) is 0 Å². The fraction of sp³-hybridized carbons (Fsp3) is 0.250. The summed E-state index contributed by atoms with van der Waals surface area (Å²) >= 11 is 0. The van der Waals surface area contributed by atoms with E-state index in [-0.39, 0.29) is 18.9 Å². The third-order valence-electron chi connectivity index (χ3n) is 3.84.